The Kier molecular flexibility index (Phi) is 10.0. The highest BCUT2D eigenvalue weighted by atomic mass is 16.6. The lowest BCUT2D eigenvalue weighted by Crippen LogP contribution is -2.38. The van der Waals surface area contributed by atoms with Crippen LogP contribution >= 0.6 is 0 Å². The third kappa shape index (κ3) is 7.54. The Hall–Kier alpha value is -6.44. The van der Waals surface area contributed by atoms with E-state index in [-0.39, 0.29) is 30.7 Å². The largest absolute Gasteiger partial charge is 0.445 e. The van der Waals surface area contributed by atoms with Gasteiger partial charge in [0.15, 0.2) is 0 Å². The predicted octanol–water partition coefficient (Wildman–Crippen LogP) is 7.70. The van der Waals surface area contributed by atoms with E-state index in [9.17, 15) is 9.59 Å². The van der Waals surface area contributed by atoms with Gasteiger partial charge in [-0.15, -0.1) is 0 Å². The molecule has 10 nitrogen and oxygen atoms in total. The van der Waals surface area contributed by atoms with Gasteiger partial charge in [-0.25, -0.2) is 14.8 Å². The Morgan fingerprint density at radius 1 is 0.704 bits per heavy atom. The number of hydrogen-bond acceptors (Lipinski definition) is 6. The number of nitrogens with zero attached hydrogens (tertiary/aromatic N) is 4. The van der Waals surface area contributed by atoms with Gasteiger partial charge < -0.3 is 25.3 Å². The Balaban J connectivity index is 0.875. The summed E-state index contributed by atoms with van der Waals surface area (Å²) in [6, 6.07) is 34.3. The zero-order valence-electron chi connectivity index (χ0n) is 29.8. The molecule has 0 radical (unpaired) electrons. The van der Waals surface area contributed by atoms with Crippen LogP contribution in [0.5, 0.6) is 0 Å². The van der Waals surface area contributed by atoms with E-state index >= 15 is 0 Å². The third-order valence-electron chi connectivity index (χ3n) is 10.2. The van der Waals surface area contributed by atoms with Crippen LogP contribution in [-0.4, -0.2) is 54.8 Å². The normalized spacial score (nSPS) is 17.2. The Morgan fingerprint density at radius 2 is 1.20 bits per heavy atom. The maximum Gasteiger partial charge on any atom is 0.410 e. The molecule has 10 heteroatoms. The number of H-pyrrole nitrogens is 2. The third-order valence-corrected chi connectivity index (χ3v) is 10.2. The summed E-state index contributed by atoms with van der Waals surface area (Å²) in [4.78, 5) is 46.1. The van der Waals surface area contributed by atoms with Gasteiger partial charge in [-0.3, -0.25) is 9.69 Å². The summed E-state index contributed by atoms with van der Waals surface area (Å²) in [5.74, 6) is 7.99. The van der Waals surface area contributed by atoms with Crippen LogP contribution < -0.4 is 5.73 Å². The fraction of sp³-hybridized carbons (Fsp3) is 0.227. The minimum absolute atomic E-state index is 0.0825. The number of ether oxygens (including phenoxy) is 1. The number of imidazole rings is 2. The van der Waals surface area contributed by atoms with Crippen molar-refractivity contribution in [2.24, 2.45) is 5.73 Å². The number of aromatic amines is 2. The summed E-state index contributed by atoms with van der Waals surface area (Å²) < 4.78 is 5.61. The highest BCUT2D eigenvalue weighted by Crippen LogP contribution is 2.34. The zero-order valence-corrected chi connectivity index (χ0v) is 29.8. The molecule has 2 aliphatic rings. The smallest absolute Gasteiger partial charge is 0.410 e. The summed E-state index contributed by atoms with van der Waals surface area (Å²) in [5, 5.41) is 0. The molecule has 2 aliphatic heterocycles. The summed E-state index contributed by atoms with van der Waals surface area (Å²) >= 11 is 0. The second-order valence-electron chi connectivity index (χ2n) is 13.7. The first-order valence-electron chi connectivity index (χ1n) is 18.4. The van der Waals surface area contributed by atoms with Crippen LogP contribution in [0.25, 0.3) is 22.5 Å². The molecule has 2 fully saturated rings. The molecule has 6 aromatic rings. The minimum Gasteiger partial charge on any atom is -0.445 e. The summed E-state index contributed by atoms with van der Waals surface area (Å²) in [6.07, 6.45) is 6.79. The van der Waals surface area contributed by atoms with Gasteiger partial charge >= 0.3 is 6.09 Å². The Morgan fingerprint density at radius 3 is 1.76 bits per heavy atom. The molecular formula is C44H41N7O3. The summed E-state index contributed by atoms with van der Waals surface area (Å²) in [6.45, 7) is 1.55. The maximum absolute atomic E-state index is 13.3. The number of carbonyl (C=O) groups is 2. The first kappa shape index (κ1) is 34.6. The molecule has 270 valence electrons. The molecule has 4 aromatic carbocycles. The second kappa shape index (κ2) is 15.7. The molecule has 0 bridgehead atoms. The molecular weight excluding hydrogens is 675 g/mol. The SMILES string of the molecule is N[C@@H](C(=O)N1CCC[C@H]1c1ncc(-c2ccc(C#Cc3ccc(-c4cnc([C@@H]5CCCN5C(=O)OCc5ccccc5)[nH]4)cc3)cc2)[nH]1)c1ccccc1. The van der Waals surface area contributed by atoms with Crippen molar-refractivity contribution in [2.75, 3.05) is 13.1 Å². The topological polar surface area (TPSA) is 133 Å². The standard InChI is InChI=1S/C44H41N7O3/c45-40(35-11-5-2-6-12-35)43(52)50-25-7-13-38(50)41-46-27-36(48-41)33-21-17-30(18-22-33)15-16-31-19-23-34(24-20-31)37-28-47-42(49-37)39-14-8-26-51(39)44(53)54-29-32-9-3-1-4-10-32/h1-6,9-12,17-24,27-28,38-40H,7-8,13-14,25-26,29,45H2,(H,46,48)(H,47,49)/t38-,39-,40+/m0/s1. The van der Waals surface area contributed by atoms with Gasteiger partial charge in [-0.2, -0.15) is 0 Å². The summed E-state index contributed by atoms with van der Waals surface area (Å²) in [5.41, 5.74) is 13.7. The monoisotopic (exact) mass is 715 g/mol. The lowest BCUT2D eigenvalue weighted by Gasteiger charge is -2.26. The number of rotatable bonds is 8. The van der Waals surface area contributed by atoms with Crippen LogP contribution in [0.15, 0.2) is 122 Å². The van der Waals surface area contributed by atoms with Crippen molar-refractivity contribution in [2.45, 2.75) is 50.4 Å². The number of carbonyl (C=O) groups excluding carboxylic acids is 2. The number of nitrogens with one attached hydrogen (secondary N) is 2. The van der Waals surface area contributed by atoms with E-state index in [2.05, 4.69) is 31.8 Å². The van der Waals surface area contributed by atoms with E-state index in [1.165, 1.54) is 0 Å². The van der Waals surface area contributed by atoms with E-state index in [0.29, 0.717) is 13.1 Å². The molecule has 0 spiro atoms. The van der Waals surface area contributed by atoms with Crippen LogP contribution in [0.3, 0.4) is 0 Å². The fourth-order valence-corrected chi connectivity index (χ4v) is 7.28. The van der Waals surface area contributed by atoms with Crippen LogP contribution in [0.1, 0.15) is 77.7 Å². The zero-order chi connectivity index (χ0) is 36.9. The van der Waals surface area contributed by atoms with Gasteiger partial charge in [0.25, 0.3) is 0 Å². The van der Waals surface area contributed by atoms with Crippen LogP contribution in [0.4, 0.5) is 4.79 Å². The Labute approximate surface area is 314 Å². The van der Waals surface area contributed by atoms with Gasteiger partial charge in [-0.1, -0.05) is 96.8 Å². The quantitative estimate of drug-likeness (QED) is 0.138. The predicted molar refractivity (Wildman–Crippen MR) is 206 cm³/mol. The molecule has 54 heavy (non-hydrogen) atoms. The summed E-state index contributed by atoms with van der Waals surface area (Å²) in [7, 11) is 0. The lowest BCUT2D eigenvalue weighted by atomic mass is 10.1. The second-order valence-corrected chi connectivity index (χ2v) is 13.7. The van der Waals surface area contributed by atoms with E-state index in [1.54, 1.807) is 4.90 Å². The Bertz CT molecular complexity index is 2270. The lowest BCUT2D eigenvalue weighted by molar-refractivity contribution is -0.133. The molecule has 3 atom stereocenters. The van der Waals surface area contributed by atoms with Crippen LogP contribution in [-0.2, 0) is 16.1 Å². The molecule has 2 saturated heterocycles. The van der Waals surface area contributed by atoms with Gasteiger partial charge in [0, 0.05) is 24.2 Å². The highest BCUT2D eigenvalue weighted by molar-refractivity contribution is 5.83. The number of amides is 2. The van der Waals surface area contributed by atoms with Crippen LogP contribution in [0.2, 0.25) is 0 Å². The van der Waals surface area contributed by atoms with Gasteiger partial charge in [-0.05, 0) is 72.2 Å². The van der Waals surface area contributed by atoms with Gasteiger partial charge in [0.05, 0.1) is 35.9 Å². The molecule has 8 rings (SSSR count). The van der Waals surface area contributed by atoms with Crippen molar-refractivity contribution < 1.29 is 14.3 Å². The van der Waals surface area contributed by atoms with Crippen LogP contribution in [0, 0.1) is 11.8 Å². The highest BCUT2D eigenvalue weighted by Gasteiger charge is 2.35. The van der Waals surface area contributed by atoms with Crippen molar-refractivity contribution in [1.29, 1.82) is 0 Å². The molecule has 0 aliphatic carbocycles. The molecule has 4 heterocycles. The molecule has 0 unspecified atom stereocenters. The minimum atomic E-state index is -0.698. The van der Waals surface area contributed by atoms with E-state index in [4.69, 9.17) is 10.5 Å². The number of nitrogens with two attached hydrogens (primary N) is 1. The van der Waals surface area contributed by atoms with E-state index in [0.717, 1.165) is 82.1 Å². The van der Waals surface area contributed by atoms with Crippen molar-refractivity contribution in [3.63, 3.8) is 0 Å². The van der Waals surface area contributed by atoms with E-state index < -0.39 is 6.04 Å². The van der Waals surface area contributed by atoms with Crippen molar-refractivity contribution >= 4 is 12.0 Å². The number of likely N-dealkylation sites (tertiary alicyclic amines) is 2. The molecule has 2 aromatic heterocycles. The van der Waals surface area contributed by atoms with Crippen molar-refractivity contribution in [3.8, 4) is 34.4 Å². The number of benzene rings is 4. The van der Waals surface area contributed by atoms with Crippen molar-refractivity contribution in [3.05, 3.63) is 155 Å². The number of hydrogen-bond donors (Lipinski definition) is 3. The number of aromatic nitrogens is 4. The molecule has 0 saturated carbocycles. The maximum atomic E-state index is 13.3. The fourth-order valence-electron chi connectivity index (χ4n) is 7.28. The van der Waals surface area contributed by atoms with E-state index in [1.807, 2.05) is 126 Å². The average Bonchev–Trinajstić information content (AvgIpc) is 4.07. The van der Waals surface area contributed by atoms with Crippen molar-refractivity contribution in [1.82, 2.24) is 29.7 Å². The van der Waals surface area contributed by atoms with Gasteiger partial charge in [0.2, 0.25) is 5.91 Å². The molecule has 4 N–H and O–H groups in total. The first-order chi connectivity index (χ1) is 26.5. The van der Waals surface area contributed by atoms with Gasteiger partial charge in [0.1, 0.15) is 24.3 Å². The average molecular weight is 716 g/mol. The molecule has 2 amide bonds. The first-order valence-corrected chi connectivity index (χ1v) is 18.4.